The van der Waals surface area contributed by atoms with Crippen LogP contribution in [0.2, 0.25) is 0 Å². The van der Waals surface area contributed by atoms with E-state index in [0.29, 0.717) is 0 Å². The molecule has 0 aromatic heterocycles. The van der Waals surface area contributed by atoms with E-state index in [9.17, 15) is 45.7 Å². The van der Waals surface area contributed by atoms with Crippen LogP contribution in [-0.4, -0.2) is 33.9 Å². The molecule has 0 saturated carbocycles. The summed E-state index contributed by atoms with van der Waals surface area (Å²) < 4.78 is 84.3. The van der Waals surface area contributed by atoms with Gasteiger partial charge in [-0.3, -0.25) is 19.2 Å². The van der Waals surface area contributed by atoms with Crippen LogP contribution in [0.1, 0.15) is 41.4 Å². The van der Waals surface area contributed by atoms with Crippen LogP contribution >= 0.6 is 0 Å². The quantitative estimate of drug-likeness (QED) is 0.403. The molecule has 0 radical (unpaired) electrons. The number of carbonyl (C=O) groups is 4. The van der Waals surface area contributed by atoms with Crippen molar-refractivity contribution in [2.45, 2.75) is 0 Å². The molecule has 2 aromatic rings. The Hall–Kier alpha value is -3.44. The van der Waals surface area contributed by atoms with E-state index in [4.69, 9.17) is 0 Å². The van der Waals surface area contributed by atoms with E-state index in [-0.39, 0.29) is 0 Å². The first kappa shape index (κ1) is 16.1. The summed E-state index contributed by atoms with van der Waals surface area (Å²) >= 11 is 0. The topological polar surface area (TPSA) is 74.8 Å². The van der Waals surface area contributed by atoms with E-state index in [1.54, 1.807) is 0 Å². The number of hydrogen-bond acceptors (Lipinski definition) is 4. The molecule has 0 aliphatic carbocycles. The molecule has 6 nitrogen and oxygen atoms in total. The zero-order chi connectivity index (χ0) is 19.2. The second-order valence-electron chi connectivity index (χ2n) is 5.29. The lowest BCUT2D eigenvalue weighted by atomic mass is 9.85. The molecule has 4 amide bonds. The molecule has 4 rings (SSSR count). The SMILES string of the molecule is O=C1c2c(F)c(F)c3c4c(c(F)c(F)c(c24)C(=O)N1F)C(=O)N(F)C3=O. The average molecular weight is 374 g/mol. The van der Waals surface area contributed by atoms with Crippen molar-refractivity contribution in [3.63, 3.8) is 0 Å². The number of hydrogen-bond donors (Lipinski definition) is 0. The van der Waals surface area contributed by atoms with Crippen molar-refractivity contribution in [1.82, 2.24) is 10.2 Å². The summed E-state index contributed by atoms with van der Waals surface area (Å²) in [5.74, 6) is -17.0. The Morgan fingerprint density at radius 3 is 0.846 bits per heavy atom. The van der Waals surface area contributed by atoms with Crippen molar-refractivity contribution in [3.05, 3.63) is 45.5 Å². The van der Waals surface area contributed by atoms with E-state index in [1.165, 1.54) is 0 Å². The summed E-state index contributed by atoms with van der Waals surface area (Å²) in [6.07, 6.45) is 0. The highest BCUT2D eigenvalue weighted by Crippen LogP contribution is 2.43. The molecule has 2 aliphatic heterocycles. The number of halogens is 6. The standard InChI is InChI=1S/C14F6N2O4/c15-7-3-1-2-5(9(7)17)13(25)22(20)14(26)6(2)10(18)8(16)4(1)12(24)21(19)11(3)23. The fourth-order valence-electron chi connectivity index (χ4n) is 3.01. The maximum absolute atomic E-state index is 14.2. The Bertz CT molecular complexity index is 974. The van der Waals surface area contributed by atoms with Crippen LogP contribution in [0.15, 0.2) is 0 Å². The molecule has 0 unspecified atom stereocenters. The summed E-state index contributed by atoms with van der Waals surface area (Å²) in [5.41, 5.74) is -6.14. The summed E-state index contributed by atoms with van der Waals surface area (Å²) in [4.78, 5) is 47.2. The summed E-state index contributed by atoms with van der Waals surface area (Å²) in [6, 6.07) is 0. The van der Waals surface area contributed by atoms with E-state index >= 15 is 0 Å². The van der Waals surface area contributed by atoms with Crippen LogP contribution in [0.3, 0.4) is 0 Å². The van der Waals surface area contributed by atoms with Gasteiger partial charge >= 0.3 is 0 Å². The van der Waals surface area contributed by atoms with Gasteiger partial charge in [-0.1, -0.05) is 8.96 Å². The van der Waals surface area contributed by atoms with Gasteiger partial charge < -0.3 is 0 Å². The van der Waals surface area contributed by atoms with Gasteiger partial charge in [0.2, 0.25) is 0 Å². The van der Waals surface area contributed by atoms with E-state index in [0.717, 1.165) is 0 Å². The number of benzene rings is 2. The molecular weight excluding hydrogens is 374 g/mol. The Balaban J connectivity index is 2.42. The predicted octanol–water partition coefficient (Wildman–Crippen LogP) is 2.36. The van der Waals surface area contributed by atoms with Crippen molar-refractivity contribution in [2.75, 3.05) is 0 Å². The second kappa shape index (κ2) is 4.59. The molecule has 0 atom stereocenters. The van der Waals surface area contributed by atoms with Crippen LogP contribution in [0.25, 0.3) is 10.8 Å². The first-order valence-corrected chi connectivity index (χ1v) is 6.55. The average Bonchev–Trinajstić information content (AvgIpc) is 2.60. The van der Waals surface area contributed by atoms with Crippen molar-refractivity contribution < 1.29 is 45.7 Å². The van der Waals surface area contributed by atoms with Crippen LogP contribution < -0.4 is 0 Å². The molecule has 2 heterocycles. The van der Waals surface area contributed by atoms with E-state index in [1.807, 2.05) is 0 Å². The molecule has 0 N–H and O–H groups in total. The van der Waals surface area contributed by atoms with Gasteiger partial charge in [0.15, 0.2) is 23.3 Å². The second-order valence-corrected chi connectivity index (χ2v) is 5.29. The van der Waals surface area contributed by atoms with Gasteiger partial charge in [0.25, 0.3) is 23.6 Å². The van der Waals surface area contributed by atoms with Gasteiger partial charge in [-0.15, -0.1) is 10.2 Å². The van der Waals surface area contributed by atoms with Crippen LogP contribution in [0, 0.1) is 23.3 Å². The Morgan fingerprint density at radius 1 is 0.462 bits per heavy atom. The van der Waals surface area contributed by atoms with Gasteiger partial charge in [-0.05, 0) is 0 Å². The van der Waals surface area contributed by atoms with Gasteiger partial charge in [0.1, 0.15) is 0 Å². The molecule has 0 saturated heterocycles. The third kappa shape index (κ3) is 1.49. The smallest absolute Gasteiger partial charge is 0.266 e. The molecule has 2 aromatic carbocycles. The van der Waals surface area contributed by atoms with Gasteiger partial charge in [0, 0.05) is 10.8 Å². The highest BCUT2D eigenvalue weighted by Gasteiger charge is 2.48. The monoisotopic (exact) mass is 374 g/mol. The fraction of sp³-hybridized carbons (Fsp3) is 0. The number of nitrogens with zero attached hydrogens (tertiary/aromatic N) is 2. The van der Waals surface area contributed by atoms with Crippen molar-refractivity contribution in [3.8, 4) is 0 Å². The van der Waals surface area contributed by atoms with Crippen LogP contribution in [0.5, 0.6) is 0 Å². The lowest BCUT2D eigenvalue weighted by molar-refractivity contribution is 0.0148. The Labute approximate surface area is 137 Å². The van der Waals surface area contributed by atoms with Gasteiger partial charge in [-0.2, -0.15) is 0 Å². The number of imide groups is 2. The molecule has 0 spiro atoms. The third-order valence-electron chi connectivity index (χ3n) is 4.08. The molecule has 2 aliphatic rings. The predicted molar refractivity (Wildman–Crippen MR) is 67.0 cm³/mol. The molecule has 26 heavy (non-hydrogen) atoms. The molecule has 0 bridgehead atoms. The molecular formula is C14F6N2O4. The Kier molecular flexibility index (Phi) is 2.83. The van der Waals surface area contributed by atoms with Crippen LogP contribution in [0.4, 0.5) is 26.5 Å². The lowest BCUT2D eigenvalue weighted by Crippen LogP contribution is -2.40. The minimum atomic E-state index is -2.19. The molecule has 0 fully saturated rings. The zero-order valence-electron chi connectivity index (χ0n) is 11.8. The largest absolute Gasteiger partial charge is 0.293 e. The van der Waals surface area contributed by atoms with Crippen molar-refractivity contribution in [1.29, 1.82) is 0 Å². The number of carbonyl (C=O) groups excluding carboxylic acids is 4. The lowest BCUT2D eigenvalue weighted by Gasteiger charge is -2.27. The third-order valence-corrected chi connectivity index (χ3v) is 4.08. The highest BCUT2D eigenvalue weighted by atomic mass is 19.2. The minimum absolute atomic E-state index is 1.19. The van der Waals surface area contributed by atoms with E-state index < -0.39 is 90.2 Å². The summed E-state index contributed by atoms with van der Waals surface area (Å²) in [7, 11) is 0. The maximum atomic E-state index is 14.2. The first-order valence-electron chi connectivity index (χ1n) is 6.55. The van der Waals surface area contributed by atoms with E-state index in [2.05, 4.69) is 0 Å². The molecule has 132 valence electrons. The minimum Gasteiger partial charge on any atom is -0.266 e. The van der Waals surface area contributed by atoms with Gasteiger partial charge in [-0.25, -0.2) is 17.6 Å². The fourth-order valence-corrected chi connectivity index (χ4v) is 3.01. The number of rotatable bonds is 0. The van der Waals surface area contributed by atoms with Crippen molar-refractivity contribution >= 4 is 34.4 Å². The molecule has 12 heteroatoms. The summed E-state index contributed by atoms with van der Waals surface area (Å²) in [5, 5.41) is -4.94. The first-order chi connectivity index (χ1) is 12.1. The van der Waals surface area contributed by atoms with Gasteiger partial charge in [0.05, 0.1) is 22.3 Å². The maximum Gasteiger partial charge on any atom is 0.293 e. The zero-order valence-corrected chi connectivity index (χ0v) is 11.8. The normalized spacial score (nSPS) is 16.2. The Morgan fingerprint density at radius 2 is 0.654 bits per heavy atom. The van der Waals surface area contributed by atoms with Crippen LogP contribution in [-0.2, 0) is 0 Å². The number of amides is 4. The summed E-state index contributed by atoms with van der Waals surface area (Å²) in [6.45, 7) is 0. The van der Waals surface area contributed by atoms with Crippen molar-refractivity contribution in [2.24, 2.45) is 0 Å². The highest BCUT2D eigenvalue weighted by molar-refractivity contribution is 6.33.